The lowest BCUT2D eigenvalue weighted by atomic mass is 10.1. The Morgan fingerprint density at radius 1 is 1.25 bits per heavy atom. The van der Waals surface area contributed by atoms with Gasteiger partial charge in [-0.3, -0.25) is 4.79 Å². The minimum Gasteiger partial charge on any atom is -0.540 e. The van der Waals surface area contributed by atoms with E-state index in [9.17, 15) is 4.79 Å². The Hall–Kier alpha value is -1.49. The van der Waals surface area contributed by atoms with Crippen molar-refractivity contribution < 1.29 is 14.0 Å². The van der Waals surface area contributed by atoms with E-state index >= 15 is 0 Å². The molecule has 0 atom stereocenters. The van der Waals surface area contributed by atoms with E-state index in [-0.39, 0.29) is 10.8 Å². The van der Waals surface area contributed by atoms with Crippen molar-refractivity contribution in [1.82, 2.24) is 0 Å². The van der Waals surface area contributed by atoms with Crippen molar-refractivity contribution in [2.24, 2.45) is 0 Å². The molecule has 0 radical (unpaired) electrons. The smallest absolute Gasteiger partial charge is 0.250 e. The molecule has 0 unspecified atom stereocenters. The molecular weight excluding hydrogens is 270 g/mol. The molecule has 4 nitrogen and oxygen atoms in total. The summed E-state index contributed by atoms with van der Waals surface area (Å²) in [6.45, 7) is 12.3. The molecule has 0 aliphatic heterocycles. The Balaban J connectivity index is 3.29. The van der Waals surface area contributed by atoms with Crippen molar-refractivity contribution in [3.8, 4) is 11.5 Å². The molecule has 1 aromatic carbocycles. The van der Waals surface area contributed by atoms with E-state index in [1.807, 2.05) is 0 Å². The number of ketones is 1. The lowest BCUT2D eigenvalue weighted by molar-refractivity contribution is 0.101. The van der Waals surface area contributed by atoms with Crippen LogP contribution in [0.1, 0.15) is 38.1 Å². The molecule has 0 heterocycles. The largest absolute Gasteiger partial charge is 0.540 e. The van der Waals surface area contributed by atoms with Crippen LogP contribution >= 0.6 is 0 Å². The predicted molar refractivity (Wildman–Crippen MR) is 85.2 cm³/mol. The van der Waals surface area contributed by atoms with Gasteiger partial charge < -0.3 is 14.9 Å². The fraction of sp³-hybridized carbons (Fsp3) is 0.533. The summed E-state index contributed by atoms with van der Waals surface area (Å²) >= 11 is 0. The zero-order chi connectivity index (χ0) is 15.7. The molecule has 5 heteroatoms. The average molecular weight is 295 g/mol. The summed E-state index contributed by atoms with van der Waals surface area (Å²) in [5.41, 5.74) is 7.02. The van der Waals surface area contributed by atoms with Crippen LogP contribution in [0.2, 0.25) is 18.1 Å². The number of ether oxygens (including phenoxy) is 1. The van der Waals surface area contributed by atoms with Crippen molar-refractivity contribution in [2.75, 3.05) is 12.8 Å². The van der Waals surface area contributed by atoms with E-state index in [2.05, 4.69) is 33.9 Å². The molecule has 0 aliphatic rings. The van der Waals surface area contributed by atoms with Gasteiger partial charge in [-0.05, 0) is 37.2 Å². The van der Waals surface area contributed by atoms with Gasteiger partial charge in [0.1, 0.15) is 0 Å². The fourth-order valence-electron chi connectivity index (χ4n) is 1.50. The molecular formula is C15H25NO3Si. The first kappa shape index (κ1) is 16.6. The number of nitrogen functional groups attached to an aromatic ring is 1. The topological polar surface area (TPSA) is 61.5 Å². The zero-order valence-electron chi connectivity index (χ0n) is 13.5. The molecule has 0 amide bonds. The summed E-state index contributed by atoms with van der Waals surface area (Å²) in [5.74, 6) is 1.01. The number of hydrogen-bond donors (Lipinski definition) is 1. The Bertz CT molecular complexity index is 519. The predicted octanol–water partition coefficient (Wildman–Crippen LogP) is 3.86. The molecule has 0 fully saturated rings. The van der Waals surface area contributed by atoms with Crippen molar-refractivity contribution in [3.05, 3.63) is 17.7 Å². The molecule has 0 saturated carbocycles. The summed E-state index contributed by atoms with van der Waals surface area (Å²) in [5, 5.41) is 0.0592. The fourth-order valence-corrected chi connectivity index (χ4v) is 2.53. The van der Waals surface area contributed by atoms with E-state index in [1.165, 1.54) is 6.92 Å². The summed E-state index contributed by atoms with van der Waals surface area (Å²) < 4.78 is 11.6. The highest BCUT2D eigenvalue weighted by atomic mass is 28.4. The first-order chi connectivity index (χ1) is 8.99. The van der Waals surface area contributed by atoms with Gasteiger partial charge in [0.05, 0.1) is 12.8 Å². The van der Waals surface area contributed by atoms with Crippen LogP contribution in [0.3, 0.4) is 0 Å². The first-order valence-corrected chi connectivity index (χ1v) is 9.58. The van der Waals surface area contributed by atoms with Crippen molar-refractivity contribution in [1.29, 1.82) is 0 Å². The van der Waals surface area contributed by atoms with Crippen LogP contribution < -0.4 is 14.9 Å². The van der Waals surface area contributed by atoms with Gasteiger partial charge in [0.25, 0.3) is 8.32 Å². The third-order valence-corrected chi connectivity index (χ3v) is 8.20. The standard InChI is InChI=1S/C15H25NO3Si/c1-10(17)11-8-12(16)14(13(9-11)18-5)19-20(6,7)15(2,3)4/h8-9H,16H2,1-7H3. The Labute approximate surface area is 122 Å². The SMILES string of the molecule is COc1cc(C(C)=O)cc(N)c1O[Si](C)(C)C(C)(C)C. The molecule has 2 N–H and O–H groups in total. The Morgan fingerprint density at radius 3 is 2.20 bits per heavy atom. The van der Waals surface area contributed by atoms with Gasteiger partial charge in [0.15, 0.2) is 17.3 Å². The minimum atomic E-state index is -2.01. The van der Waals surface area contributed by atoms with Crippen LogP contribution in [-0.2, 0) is 0 Å². The van der Waals surface area contributed by atoms with Gasteiger partial charge in [-0.15, -0.1) is 0 Å². The molecule has 1 aromatic rings. The van der Waals surface area contributed by atoms with Crippen LogP contribution in [-0.4, -0.2) is 21.2 Å². The summed E-state index contributed by atoms with van der Waals surface area (Å²) in [6, 6.07) is 3.33. The van der Waals surface area contributed by atoms with Gasteiger partial charge in [-0.1, -0.05) is 20.8 Å². The number of nitrogens with two attached hydrogens (primary N) is 1. The average Bonchev–Trinajstić information content (AvgIpc) is 2.29. The normalized spacial score (nSPS) is 12.2. The maximum atomic E-state index is 11.5. The number of rotatable bonds is 4. The number of carbonyl (C=O) groups excluding carboxylic acids is 1. The summed E-state index contributed by atoms with van der Waals surface area (Å²) in [6.07, 6.45) is 0. The lowest BCUT2D eigenvalue weighted by Crippen LogP contribution is -2.44. The number of methoxy groups -OCH3 is 1. The third-order valence-electron chi connectivity index (χ3n) is 3.87. The van der Waals surface area contributed by atoms with Crippen LogP contribution in [0.4, 0.5) is 5.69 Å². The Kier molecular flexibility index (Phi) is 4.54. The first-order valence-electron chi connectivity index (χ1n) is 6.67. The highest BCUT2D eigenvalue weighted by molar-refractivity contribution is 6.74. The van der Waals surface area contributed by atoms with Crippen molar-refractivity contribution >= 4 is 19.8 Å². The second kappa shape index (κ2) is 5.48. The van der Waals surface area contributed by atoms with Gasteiger partial charge >= 0.3 is 0 Å². The number of anilines is 1. The molecule has 0 aliphatic carbocycles. The van der Waals surface area contributed by atoms with Crippen molar-refractivity contribution in [2.45, 2.75) is 45.8 Å². The molecule has 0 spiro atoms. The lowest BCUT2D eigenvalue weighted by Gasteiger charge is -2.37. The number of hydrogen-bond acceptors (Lipinski definition) is 4. The molecule has 0 bridgehead atoms. The molecule has 112 valence electrons. The van der Waals surface area contributed by atoms with Crippen LogP contribution in [0.5, 0.6) is 11.5 Å². The monoisotopic (exact) mass is 295 g/mol. The van der Waals surface area contributed by atoms with E-state index in [0.717, 1.165) is 0 Å². The van der Waals surface area contributed by atoms with E-state index in [1.54, 1.807) is 19.2 Å². The maximum absolute atomic E-state index is 11.5. The van der Waals surface area contributed by atoms with E-state index < -0.39 is 8.32 Å². The van der Waals surface area contributed by atoms with Gasteiger partial charge in [0.2, 0.25) is 0 Å². The number of benzene rings is 1. The van der Waals surface area contributed by atoms with E-state index in [0.29, 0.717) is 22.7 Å². The highest BCUT2D eigenvalue weighted by Crippen LogP contribution is 2.42. The highest BCUT2D eigenvalue weighted by Gasteiger charge is 2.40. The number of Topliss-reactive ketones (excluding diaryl/α,β-unsaturated/α-hetero) is 1. The molecule has 1 rings (SSSR count). The van der Waals surface area contributed by atoms with Crippen LogP contribution in [0.25, 0.3) is 0 Å². The zero-order valence-corrected chi connectivity index (χ0v) is 14.5. The quantitative estimate of drug-likeness (QED) is 0.520. The second-order valence-electron chi connectivity index (χ2n) is 6.52. The number of carbonyl (C=O) groups is 1. The molecule has 0 saturated heterocycles. The third kappa shape index (κ3) is 3.33. The molecule has 20 heavy (non-hydrogen) atoms. The summed E-state index contributed by atoms with van der Waals surface area (Å²) in [7, 11) is -0.462. The van der Waals surface area contributed by atoms with Crippen molar-refractivity contribution in [3.63, 3.8) is 0 Å². The molecule has 0 aromatic heterocycles. The summed E-state index contributed by atoms with van der Waals surface area (Å²) in [4.78, 5) is 11.5. The maximum Gasteiger partial charge on any atom is 0.250 e. The van der Waals surface area contributed by atoms with Crippen LogP contribution in [0, 0.1) is 0 Å². The minimum absolute atomic E-state index is 0.0473. The Morgan fingerprint density at radius 2 is 1.80 bits per heavy atom. The van der Waals surface area contributed by atoms with Gasteiger partial charge in [0, 0.05) is 5.56 Å². The van der Waals surface area contributed by atoms with E-state index in [4.69, 9.17) is 14.9 Å². The second-order valence-corrected chi connectivity index (χ2v) is 11.2. The van der Waals surface area contributed by atoms with Gasteiger partial charge in [-0.2, -0.15) is 0 Å². The van der Waals surface area contributed by atoms with Crippen LogP contribution in [0.15, 0.2) is 12.1 Å². The van der Waals surface area contributed by atoms with Gasteiger partial charge in [-0.25, -0.2) is 0 Å².